The maximum atomic E-state index is 10.6. The Bertz CT molecular complexity index is 166. The summed E-state index contributed by atoms with van der Waals surface area (Å²) >= 11 is 0. The van der Waals surface area contributed by atoms with Crippen molar-refractivity contribution in [1.29, 1.82) is 0 Å². The molecule has 0 spiro atoms. The smallest absolute Gasteiger partial charge is 0.308 e. The molecular weight excluding hydrogens is 168 g/mol. The van der Waals surface area contributed by atoms with Gasteiger partial charge in [-0.15, -0.1) is 0 Å². The Morgan fingerprint density at radius 3 is 2.00 bits per heavy atom. The predicted octanol–water partition coefficient (Wildman–Crippen LogP) is 1.75. The molecule has 0 rings (SSSR count). The topological polar surface area (TPSA) is 57.5 Å². The van der Waals surface area contributed by atoms with Crippen molar-refractivity contribution in [3.63, 3.8) is 0 Å². The normalized spacial score (nSPS) is 18.3. The van der Waals surface area contributed by atoms with Crippen molar-refractivity contribution in [2.45, 2.75) is 40.2 Å². The Morgan fingerprint density at radius 2 is 1.69 bits per heavy atom. The first-order valence-corrected chi connectivity index (χ1v) is 4.77. The highest BCUT2D eigenvalue weighted by atomic mass is 16.4. The van der Waals surface area contributed by atoms with Gasteiger partial charge >= 0.3 is 5.97 Å². The van der Waals surface area contributed by atoms with Crippen molar-refractivity contribution in [2.75, 3.05) is 0 Å². The first kappa shape index (κ1) is 12.4. The highest BCUT2D eigenvalue weighted by molar-refractivity contribution is 5.70. The van der Waals surface area contributed by atoms with Crippen LogP contribution in [0.2, 0.25) is 0 Å². The minimum Gasteiger partial charge on any atom is -0.481 e. The average Bonchev–Trinajstić information content (AvgIpc) is 2.00. The second kappa shape index (κ2) is 5.22. The zero-order valence-corrected chi connectivity index (χ0v) is 8.82. The van der Waals surface area contributed by atoms with E-state index in [2.05, 4.69) is 13.8 Å². The summed E-state index contributed by atoms with van der Waals surface area (Å²) in [5.41, 5.74) is 0. The Morgan fingerprint density at radius 1 is 1.23 bits per heavy atom. The minimum absolute atomic E-state index is 0.0473. The molecule has 0 aromatic heterocycles. The second-order valence-corrected chi connectivity index (χ2v) is 4.22. The molecule has 3 heteroatoms. The third-order valence-electron chi connectivity index (χ3n) is 2.33. The summed E-state index contributed by atoms with van der Waals surface area (Å²) in [6.07, 6.45) is 0.124. The van der Waals surface area contributed by atoms with Crippen molar-refractivity contribution in [1.82, 2.24) is 0 Å². The van der Waals surface area contributed by atoms with E-state index in [1.165, 1.54) is 0 Å². The summed E-state index contributed by atoms with van der Waals surface area (Å²) in [4.78, 5) is 10.6. The van der Waals surface area contributed by atoms with Crippen LogP contribution in [0.25, 0.3) is 0 Å². The Balaban J connectivity index is 4.08. The van der Waals surface area contributed by atoms with Gasteiger partial charge in [0.25, 0.3) is 0 Å². The van der Waals surface area contributed by atoms with Crippen LogP contribution in [-0.2, 0) is 4.79 Å². The average molecular weight is 188 g/mol. The fourth-order valence-corrected chi connectivity index (χ4v) is 1.52. The third kappa shape index (κ3) is 4.27. The van der Waals surface area contributed by atoms with Gasteiger partial charge in [0, 0.05) is 0 Å². The van der Waals surface area contributed by atoms with Crippen molar-refractivity contribution in [2.24, 2.45) is 17.8 Å². The predicted molar refractivity (Wildman–Crippen MR) is 51.4 cm³/mol. The summed E-state index contributed by atoms with van der Waals surface area (Å²) in [5.74, 6) is -1.06. The SMILES string of the molecule is CC(C)C[C@@H](C)[C@@H](O)[C@@H](C)C(=O)O. The summed E-state index contributed by atoms with van der Waals surface area (Å²) in [7, 11) is 0. The second-order valence-electron chi connectivity index (χ2n) is 4.22. The molecule has 0 fully saturated rings. The molecular formula is C10H20O3. The van der Waals surface area contributed by atoms with Crippen LogP contribution in [0, 0.1) is 17.8 Å². The van der Waals surface area contributed by atoms with E-state index < -0.39 is 18.0 Å². The molecule has 0 aromatic rings. The lowest BCUT2D eigenvalue weighted by Gasteiger charge is -2.23. The van der Waals surface area contributed by atoms with Gasteiger partial charge < -0.3 is 10.2 Å². The number of carbonyl (C=O) groups is 1. The lowest BCUT2D eigenvalue weighted by molar-refractivity contribution is -0.146. The highest BCUT2D eigenvalue weighted by Crippen LogP contribution is 2.20. The Hall–Kier alpha value is -0.570. The molecule has 0 unspecified atom stereocenters. The van der Waals surface area contributed by atoms with E-state index in [4.69, 9.17) is 5.11 Å². The lowest BCUT2D eigenvalue weighted by atomic mass is 9.87. The molecule has 3 nitrogen and oxygen atoms in total. The molecule has 0 aromatic carbocycles. The zero-order chi connectivity index (χ0) is 10.6. The summed E-state index contributed by atoms with van der Waals surface area (Å²) in [6.45, 7) is 7.57. The van der Waals surface area contributed by atoms with Crippen LogP contribution >= 0.6 is 0 Å². The molecule has 0 aliphatic carbocycles. The molecule has 3 atom stereocenters. The van der Waals surface area contributed by atoms with Gasteiger partial charge in [0.15, 0.2) is 0 Å². The number of aliphatic hydroxyl groups is 1. The van der Waals surface area contributed by atoms with Crippen LogP contribution in [0.3, 0.4) is 0 Å². The zero-order valence-electron chi connectivity index (χ0n) is 8.82. The van der Waals surface area contributed by atoms with E-state index in [0.29, 0.717) is 5.92 Å². The van der Waals surface area contributed by atoms with Crippen molar-refractivity contribution >= 4 is 5.97 Å². The molecule has 78 valence electrons. The molecule has 0 amide bonds. The molecule has 0 heterocycles. The number of carboxylic acid groups (broad SMARTS) is 1. The number of aliphatic carboxylic acids is 1. The molecule has 0 radical (unpaired) electrons. The summed E-state index contributed by atoms with van der Waals surface area (Å²) in [5, 5.41) is 18.3. The molecule has 0 aliphatic heterocycles. The number of aliphatic hydroxyl groups excluding tert-OH is 1. The third-order valence-corrected chi connectivity index (χ3v) is 2.33. The highest BCUT2D eigenvalue weighted by Gasteiger charge is 2.26. The van der Waals surface area contributed by atoms with Crippen LogP contribution in [0.1, 0.15) is 34.1 Å². The van der Waals surface area contributed by atoms with Crippen LogP contribution < -0.4 is 0 Å². The summed E-state index contributed by atoms with van der Waals surface area (Å²) < 4.78 is 0. The molecule has 0 bridgehead atoms. The van der Waals surface area contributed by atoms with Gasteiger partial charge in [-0.05, 0) is 25.2 Å². The van der Waals surface area contributed by atoms with Crippen LogP contribution in [0.5, 0.6) is 0 Å². The Labute approximate surface area is 79.8 Å². The maximum absolute atomic E-state index is 10.6. The number of rotatable bonds is 5. The standard InChI is InChI=1S/C10H20O3/c1-6(2)5-7(3)9(11)8(4)10(12)13/h6-9,11H,5H2,1-4H3,(H,12,13)/t7-,8-,9-/m1/s1. The van der Waals surface area contributed by atoms with Gasteiger partial charge in [-0.2, -0.15) is 0 Å². The molecule has 13 heavy (non-hydrogen) atoms. The van der Waals surface area contributed by atoms with E-state index in [1.807, 2.05) is 6.92 Å². The van der Waals surface area contributed by atoms with E-state index >= 15 is 0 Å². The Kier molecular flexibility index (Phi) is 4.99. The van der Waals surface area contributed by atoms with Crippen LogP contribution in [-0.4, -0.2) is 22.3 Å². The van der Waals surface area contributed by atoms with E-state index in [0.717, 1.165) is 6.42 Å². The summed E-state index contributed by atoms with van der Waals surface area (Å²) in [6, 6.07) is 0. The monoisotopic (exact) mass is 188 g/mol. The largest absolute Gasteiger partial charge is 0.481 e. The molecule has 0 aliphatic rings. The maximum Gasteiger partial charge on any atom is 0.308 e. The van der Waals surface area contributed by atoms with Gasteiger partial charge in [-0.1, -0.05) is 20.8 Å². The first-order chi connectivity index (χ1) is 5.86. The quantitative estimate of drug-likeness (QED) is 0.691. The molecule has 0 saturated carbocycles. The van der Waals surface area contributed by atoms with Crippen LogP contribution in [0.15, 0.2) is 0 Å². The van der Waals surface area contributed by atoms with E-state index in [-0.39, 0.29) is 5.92 Å². The number of hydrogen-bond acceptors (Lipinski definition) is 2. The van der Waals surface area contributed by atoms with Crippen LogP contribution in [0.4, 0.5) is 0 Å². The fraction of sp³-hybridized carbons (Fsp3) is 0.900. The van der Waals surface area contributed by atoms with Gasteiger partial charge in [-0.25, -0.2) is 0 Å². The van der Waals surface area contributed by atoms with E-state index in [9.17, 15) is 9.90 Å². The minimum atomic E-state index is -0.928. The first-order valence-electron chi connectivity index (χ1n) is 4.77. The lowest BCUT2D eigenvalue weighted by Crippen LogP contribution is -2.31. The van der Waals surface area contributed by atoms with E-state index in [1.54, 1.807) is 6.92 Å². The van der Waals surface area contributed by atoms with Crippen molar-refractivity contribution in [3.05, 3.63) is 0 Å². The fourth-order valence-electron chi connectivity index (χ4n) is 1.52. The number of carboxylic acids is 1. The van der Waals surface area contributed by atoms with Gasteiger partial charge in [0.2, 0.25) is 0 Å². The van der Waals surface area contributed by atoms with Crippen molar-refractivity contribution < 1.29 is 15.0 Å². The van der Waals surface area contributed by atoms with Gasteiger partial charge in [-0.3, -0.25) is 4.79 Å². The molecule has 0 saturated heterocycles. The number of hydrogen-bond donors (Lipinski definition) is 2. The van der Waals surface area contributed by atoms with Crippen molar-refractivity contribution in [3.8, 4) is 0 Å². The molecule has 2 N–H and O–H groups in total. The van der Waals surface area contributed by atoms with Gasteiger partial charge in [0.1, 0.15) is 0 Å². The van der Waals surface area contributed by atoms with Gasteiger partial charge in [0.05, 0.1) is 12.0 Å².